The van der Waals surface area contributed by atoms with Gasteiger partial charge >= 0.3 is 0 Å². The Labute approximate surface area is 135 Å². The molecule has 0 aromatic rings. The van der Waals surface area contributed by atoms with E-state index in [4.69, 9.17) is 5.73 Å². The third-order valence-corrected chi connectivity index (χ3v) is 7.30. The topological polar surface area (TPSA) is 46.3 Å². The summed E-state index contributed by atoms with van der Waals surface area (Å²) in [5, 5.41) is 0. The third-order valence-electron chi connectivity index (χ3n) is 7.30. The van der Waals surface area contributed by atoms with Gasteiger partial charge in [-0.3, -0.25) is 4.79 Å². The number of carbonyl (C=O) groups is 1. The summed E-state index contributed by atoms with van der Waals surface area (Å²) in [6, 6.07) is 0.558. The highest BCUT2D eigenvalue weighted by Gasteiger charge is 2.45. The standard InChI is InChI=1S/C19H32N2O/c20-13-19(4-2-1-3-5-19)11-18(22)21-12-16-7-14-6-15(8-16)10-17(21)9-14/h14-17H,1-13,20H2. The number of nitrogens with two attached hydrogens (primary N) is 1. The largest absolute Gasteiger partial charge is 0.339 e. The first-order valence-electron chi connectivity index (χ1n) is 9.67. The van der Waals surface area contributed by atoms with E-state index in [0.29, 0.717) is 18.5 Å². The zero-order valence-corrected chi connectivity index (χ0v) is 13.9. The Morgan fingerprint density at radius 1 is 0.955 bits per heavy atom. The fourth-order valence-electron chi connectivity index (χ4n) is 6.27. The molecule has 0 radical (unpaired) electrons. The number of rotatable bonds is 3. The van der Waals surface area contributed by atoms with E-state index in [1.54, 1.807) is 0 Å². The number of carbonyl (C=O) groups excluding carboxylic acids is 1. The first-order valence-corrected chi connectivity index (χ1v) is 9.67. The Kier molecular flexibility index (Phi) is 3.96. The summed E-state index contributed by atoms with van der Waals surface area (Å²) in [5.41, 5.74) is 6.24. The lowest BCUT2D eigenvalue weighted by Crippen LogP contribution is -2.46. The van der Waals surface area contributed by atoms with E-state index in [2.05, 4.69) is 4.90 Å². The van der Waals surface area contributed by atoms with Crippen molar-refractivity contribution in [1.82, 2.24) is 4.90 Å². The van der Waals surface area contributed by atoms with Crippen LogP contribution in [0.5, 0.6) is 0 Å². The van der Waals surface area contributed by atoms with Gasteiger partial charge in [0.25, 0.3) is 0 Å². The van der Waals surface area contributed by atoms with E-state index in [1.165, 1.54) is 64.2 Å². The molecule has 2 aliphatic heterocycles. The summed E-state index contributed by atoms with van der Waals surface area (Å²) in [4.78, 5) is 15.4. The molecule has 0 aromatic heterocycles. The number of hydrogen-bond acceptors (Lipinski definition) is 2. The van der Waals surface area contributed by atoms with Crippen LogP contribution in [0.25, 0.3) is 0 Å². The smallest absolute Gasteiger partial charge is 0.223 e. The minimum absolute atomic E-state index is 0.124. The lowest BCUT2D eigenvalue weighted by molar-refractivity contribution is -0.137. The van der Waals surface area contributed by atoms with Gasteiger partial charge in [0.05, 0.1) is 0 Å². The maximum absolute atomic E-state index is 13.1. The van der Waals surface area contributed by atoms with Gasteiger partial charge in [-0.2, -0.15) is 0 Å². The highest BCUT2D eigenvalue weighted by atomic mass is 16.2. The Morgan fingerprint density at radius 2 is 1.59 bits per heavy atom. The van der Waals surface area contributed by atoms with E-state index in [-0.39, 0.29) is 5.41 Å². The van der Waals surface area contributed by atoms with Crippen LogP contribution < -0.4 is 5.73 Å². The molecule has 2 N–H and O–H groups in total. The molecule has 3 aliphatic carbocycles. The molecular formula is C19H32N2O. The summed E-state index contributed by atoms with van der Waals surface area (Å²) in [6.07, 6.45) is 13.7. The molecule has 3 nitrogen and oxygen atoms in total. The second-order valence-corrected chi connectivity index (χ2v) is 8.92. The van der Waals surface area contributed by atoms with Gasteiger partial charge in [-0.05, 0) is 74.7 Å². The van der Waals surface area contributed by atoms with Crippen molar-refractivity contribution >= 4 is 5.91 Å². The number of nitrogens with zero attached hydrogens (tertiary/aromatic N) is 1. The summed E-state index contributed by atoms with van der Waals surface area (Å²) in [6.45, 7) is 1.75. The Hall–Kier alpha value is -0.570. The zero-order chi connectivity index (χ0) is 15.2. The molecule has 2 heterocycles. The molecule has 5 fully saturated rings. The number of amides is 1. The van der Waals surface area contributed by atoms with E-state index in [0.717, 1.165) is 30.7 Å². The van der Waals surface area contributed by atoms with Crippen molar-refractivity contribution in [2.45, 2.75) is 76.7 Å². The molecule has 5 aliphatic rings. The molecule has 3 heteroatoms. The maximum Gasteiger partial charge on any atom is 0.223 e. The Morgan fingerprint density at radius 3 is 2.23 bits per heavy atom. The van der Waals surface area contributed by atoms with Crippen LogP contribution in [0.1, 0.15) is 70.6 Å². The average Bonchev–Trinajstić information content (AvgIpc) is 2.72. The predicted molar refractivity (Wildman–Crippen MR) is 88.2 cm³/mol. The summed E-state index contributed by atoms with van der Waals surface area (Å²) >= 11 is 0. The van der Waals surface area contributed by atoms with Crippen LogP contribution in [0.4, 0.5) is 0 Å². The van der Waals surface area contributed by atoms with Crippen molar-refractivity contribution in [3.63, 3.8) is 0 Å². The van der Waals surface area contributed by atoms with Crippen LogP contribution in [0.3, 0.4) is 0 Å². The zero-order valence-electron chi connectivity index (χ0n) is 13.9. The lowest BCUT2D eigenvalue weighted by atomic mass is 9.68. The molecule has 2 unspecified atom stereocenters. The maximum atomic E-state index is 13.1. The van der Waals surface area contributed by atoms with E-state index in [1.807, 2.05) is 0 Å². The predicted octanol–water partition coefficient (Wildman–Crippen LogP) is 3.32. The van der Waals surface area contributed by atoms with E-state index < -0.39 is 0 Å². The van der Waals surface area contributed by atoms with Gasteiger partial charge in [0.15, 0.2) is 0 Å². The van der Waals surface area contributed by atoms with Crippen molar-refractivity contribution in [3.05, 3.63) is 0 Å². The Bertz CT molecular complexity index is 415. The minimum Gasteiger partial charge on any atom is -0.339 e. The van der Waals surface area contributed by atoms with E-state index in [9.17, 15) is 4.79 Å². The molecule has 4 bridgehead atoms. The second-order valence-electron chi connectivity index (χ2n) is 8.92. The summed E-state index contributed by atoms with van der Waals surface area (Å²) < 4.78 is 0. The number of fused-ring (bicyclic) bond motifs is 1. The van der Waals surface area contributed by atoms with Gasteiger partial charge in [0.1, 0.15) is 0 Å². The monoisotopic (exact) mass is 304 g/mol. The van der Waals surface area contributed by atoms with Crippen molar-refractivity contribution in [1.29, 1.82) is 0 Å². The second kappa shape index (κ2) is 5.81. The normalized spacial score (nSPS) is 39.8. The highest BCUT2D eigenvalue weighted by Crippen LogP contribution is 2.48. The minimum atomic E-state index is 0.124. The van der Waals surface area contributed by atoms with Crippen LogP contribution >= 0.6 is 0 Å². The van der Waals surface area contributed by atoms with Gasteiger partial charge in [0, 0.05) is 19.0 Å². The quantitative estimate of drug-likeness (QED) is 0.869. The summed E-state index contributed by atoms with van der Waals surface area (Å²) in [5.74, 6) is 3.06. The molecule has 2 atom stereocenters. The Balaban J connectivity index is 1.48. The third kappa shape index (κ3) is 2.70. The van der Waals surface area contributed by atoms with Gasteiger partial charge in [-0.15, -0.1) is 0 Å². The first kappa shape index (κ1) is 15.0. The fraction of sp³-hybridized carbons (Fsp3) is 0.947. The molecule has 0 aromatic carbocycles. The van der Waals surface area contributed by atoms with Gasteiger partial charge in [-0.25, -0.2) is 0 Å². The van der Waals surface area contributed by atoms with Crippen LogP contribution in [-0.4, -0.2) is 29.9 Å². The molecule has 2 saturated heterocycles. The lowest BCUT2D eigenvalue weighted by Gasteiger charge is -2.41. The molecule has 124 valence electrons. The SMILES string of the molecule is NCC1(CC(=O)N2CC3CC4CC(C3)CC2C4)CCCCC1. The van der Waals surface area contributed by atoms with E-state index >= 15 is 0 Å². The number of hydrogen-bond donors (Lipinski definition) is 1. The first-order chi connectivity index (χ1) is 10.7. The molecule has 1 amide bonds. The van der Waals surface area contributed by atoms with Crippen LogP contribution in [0, 0.1) is 23.2 Å². The van der Waals surface area contributed by atoms with Crippen molar-refractivity contribution in [2.75, 3.05) is 13.1 Å². The molecule has 5 rings (SSSR count). The van der Waals surface area contributed by atoms with Crippen LogP contribution in [0.2, 0.25) is 0 Å². The van der Waals surface area contributed by atoms with Gasteiger partial charge in [-0.1, -0.05) is 19.3 Å². The molecule has 0 spiro atoms. The van der Waals surface area contributed by atoms with Crippen molar-refractivity contribution in [3.8, 4) is 0 Å². The van der Waals surface area contributed by atoms with Crippen molar-refractivity contribution in [2.24, 2.45) is 28.9 Å². The van der Waals surface area contributed by atoms with Crippen LogP contribution in [-0.2, 0) is 4.79 Å². The summed E-state index contributed by atoms with van der Waals surface area (Å²) in [7, 11) is 0. The molecular weight excluding hydrogens is 272 g/mol. The van der Waals surface area contributed by atoms with Crippen molar-refractivity contribution < 1.29 is 4.79 Å². The molecule has 22 heavy (non-hydrogen) atoms. The molecule has 3 saturated carbocycles. The highest BCUT2D eigenvalue weighted by molar-refractivity contribution is 5.77. The average molecular weight is 304 g/mol. The van der Waals surface area contributed by atoms with Crippen LogP contribution in [0.15, 0.2) is 0 Å². The fourth-order valence-corrected chi connectivity index (χ4v) is 6.27. The van der Waals surface area contributed by atoms with Gasteiger partial charge in [0.2, 0.25) is 5.91 Å². The van der Waals surface area contributed by atoms with Gasteiger partial charge < -0.3 is 10.6 Å².